The average molecular weight is 525 g/mol. The first-order valence-corrected chi connectivity index (χ1v) is 12.3. The van der Waals surface area contributed by atoms with Crippen molar-refractivity contribution in [3.05, 3.63) is 89.3 Å². The van der Waals surface area contributed by atoms with Crippen LogP contribution in [0.4, 0.5) is 23.7 Å². The molecule has 2 aromatic carbocycles. The van der Waals surface area contributed by atoms with E-state index in [4.69, 9.17) is 4.42 Å². The van der Waals surface area contributed by atoms with Crippen molar-refractivity contribution in [1.82, 2.24) is 14.4 Å². The first-order chi connectivity index (χ1) is 18.1. The molecule has 38 heavy (non-hydrogen) atoms. The van der Waals surface area contributed by atoms with Crippen LogP contribution in [0.5, 0.6) is 0 Å². The number of fused-ring (bicyclic) bond motifs is 1. The van der Waals surface area contributed by atoms with E-state index >= 15 is 0 Å². The van der Waals surface area contributed by atoms with Crippen LogP contribution < -0.4 is 5.32 Å². The van der Waals surface area contributed by atoms with Gasteiger partial charge in [0, 0.05) is 36.7 Å². The largest absolute Gasteiger partial charge is 0.448 e. The van der Waals surface area contributed by atoms with E-state index in [1.54, 1.807) is 16.1 Å². The minimum Gasteiger partial charge on any atom is -0.448 e. The molecule has 4 aromatic rings. The number of aromatic nitrogens is 1. The zero-order chi connectivity index (χ0) is 27.0. The second-order valence-corrected chi connectivity index (χ2v) is 9.58. The molecule has 5 rings (SSSR count). The molecule has 198 valence electrons. The third-order valence-corrected chi connectivity index (χ3v) is 6.78. The number of urea groups is 1. The van der Waals surface area contributed by atoms with Crippen molar-refractivity contribution in [1.29, 1.82) is 0 Å². The SMILES string of the molecule is Cc1cccc(Cn2c(C(=O)N3CCN(C(=O)Nc4ccc(C(F)(F)F)cc4)C(C)C3)cc3ccoc32)c1. The highest BCUT2D eigenvalue weighted by molar-refractivity contribution is 5.98. The van der Waals surface area contributed by atoms with E-state index in [1.807, 2.05) is 48.7 Å². The predicted molar refractivity (Wildman–Crippen MR) is 137 cm³/mol. The number of nitrogens with zero attached hydrogens (tertiary/aromatic N) is 3. The molecule has 1 aliphatic rings. The lowest BCUT2D eigenvalue weighted by Gasteiger charge is -2.39. The number of halogens is 3. The van der Waals surface area contributed by atoms with E-state index in [9.17, 15) is 22.8 Å². The first-order valence-electron chi connectivity index (χ1n) is 12.3. The van der Waals surface area contributed by atoms with E-state index in [1.165, 1.54) is 12.1 Å². The zero-order valence-electron chi connectivity index (χ0n) is 21.0. The van der Waals surface area contributed by atoms with Crippen LogP contribution in [0, 0.1) is 6.92 Å². The van der Waals surface area contributed by atoms with Crippen molar-refractivity contribution in [3.8, 4) is 0 Å². The van der Waals surface area contributed by atoms with E-state index in [-0.39, 0.29) is 24.2 Å². The molecule has 1 atom stereocenters. The fourth-order valence-corrected chi connectivity index (χ4v) is 4.85. The summed E-state index contributed by atoms with van der Waals surface area (Å²) >= 11 is 0. The van der Waals surface area contributed by atoms with Gasteiger partial charge < -0.3 is 24.1 Å². The van der Waals surface area contributed by atoms with Crippen molar-refractivity contribution in [3.63, 3.8) is 0 Å². The molecule has 1 aliphatic heterocycles. The second-order valence-electron chi connectivity index (χ2n) is 9.58. The summed E-state index contributed by atoms with van der Waals surface area (Å²) in [5.74, 6) is -0.154. The normalized spacial score (nSPS) is 16.2. The van der Waals surface area contributed by atoms with Crippen LogP contribution >= 0.6 is 0 Å². The number of anilines is 1. The molecule has 0 spiro atoms. The van der Waals surface area contributed by atoms with Gasteiger partial charge in [-0.05, 0) is 55.8 Å². The number of piperazine rings is 1. The predicted octanol–water partition coefficient (Wildman–Crippen LogP) is 5.99. The summed E-state index contributed by atoms with van der Waals surface area (Å²) in [6.07, 6.45) is -2.84. The molecule has 1 saturated heterocycles. The Hall–Kier alpha value is -4.21. The van der Waals surface area contributed by atoms with Gasteiger partial charge in [0.15, 0.2) is 0 Å². The molecule has 10 heteroatoms. The Morgan fingerprint density at radius 2 is 1.82 bits per heavy atom. The number of carbonyl (C=O) groups is 2. The van der Waals surface area contributed by atoms with E-state index in [2.05, 4.69) is 11.4 Å². The summed E-state index contributed by atoms with van der Waals surface area (Å²) in [6.45, 7) is 5.25. The lowest BCUT2D eigenvalue weighted by atomic mass is 10.1. The zero-order valence-corrected chi connectivity index (χ0v) is 21.0. The number of rotatable bonds is 4. The van der Waals surface area contributed by atoms with Crippen LogP contribution in [-0.2, 0) is 12.7 Å². The number of nitrogens with one attached hydrogen (secondary N) is 1. The number of alkyl halides is 3. The van der Waals surface area contributed by atoms with Gasteiger partial charge in [-0.25, -0.2) is 4.79 Å². The summed E-state index contributed by atoms with van der Waals surface area (Å²) in [5, 5.41) is 3.49. The van der Waals surface area contributed by atoms with E-state index in [0.717, 1.165) is 28.6 Å². The maximum atomic E-state index is 13.6. The molecule has 1 N–H and O–H groups in total. The molecule has 2 aromatic heterocycles. The number of carbonyl (C=O) groups excluding carboxylic acids is 2. The van der Waals surface area contributed by atoms with Crippen LogP contribution in [0.15, 0.2) is 71.3 Å². The second kappa shape index (κ2) is 9.92. The van der Waals surface area contributed by atoms with Gasteiger partial charge >= 0.3 is 12.2 Å². The quantitative estimate of drug-likeness (QED) is 0.357. The first kappa shape index (κ1) is 25.4. The Balaban J connectivity index is 1.28. The van der Waals surface area contributed by atoms with Crippen molar-refractivity contribution >= 4 is 28.7 Å². The van der Waals surface area contributed by atoms with E-state index < -0.39 is 17.8 Å². The Labute approximate surface area is 217 Å². The van der Waals surface area contributed by atoms with Gasteiger partial charge in [-0.2, -0.15) is 13.2 Å². The van der Waals surface area contributed by atoms with Gasteiger partial charge in [-0.3, -0.25) is 4.79 Å². The minimum absolute atomic E-state index is 0.154. The molecule has 0 aliphatic carbocycles. The van der Waals surface area contributed by atoms with Gasteiger partial charge in [0.1, 0.15) is 5.69 Å². The minimum atomic E-state index is -4.44. The Kier molecular flexibility index (Phi) is 6.64. The van der Waals surface area contributed by atoms with Crippen molar-refractivity contribution in [2.75, 3.05) is 25.0 Å². The molecule has 3 amide bonds. The van der Waals surface area contributed by atoms with Gasteiger partial charge in [-0.15, -0.1) is 0 Å². The monoisotopic (exact) mass is 524 g/mol. The van der Waals surface area contributed by atoms with Crippen LogP contribution in [-0.4, -0.2) is 52.0 Å². The number of furan rings is 1. The molecular formula is C28H27F3N4O3. The fourth-order valence-electron chi connectivity index (χ4n) is 4.85. The van der Waals surface area contributed by atoms with Gasteiger partial charge in [0.2, 0.25) is 5.71 Å². The van der Waals surface area contributed by atoms with Crippen molar-refractivity contribution < 1.29 is 27.2 Å². The van der Waals surface area contributed by atoms with Crippen molar-refractivity contribution in [2.24, 2.45) is 0 Å². The lowest BCUT2D eigenvalue weighted by molar-refractivity contribution is -0.137. The molecule has 0 bridgehead atoms. The summed E-state index contributed by atoms with van der Waals surface area (Å²) in [6, 6.07) is 15.3. The molecule has 7 nitrogen and oxygen atoms in total. The maximum absolute atomic E-state index is 13.6. The molecule has 1 fully saturated rings. The molecule has 1 unspecified atom stereocenters. The van der Waals surface area contributed by atoms with Crippen LogP contribution in [0.2, 0.25) is 0 Å². The lowest BCUT2D eigenvalue weighted by Crippen LogP contribution is -2.56. The average Bonchev–Trinajstić information content (AvgIpc) is 3.46. The summed E-state index contributed by atoms with van der Waals surface area (Å²) < 4.78 is 46.0. The smallest absolute Gasteiger partial charge is 0.416 e. The Bertz CT molecular complexity index is 1470. The summed E-state index contributed by atoms with van der Waals surface area (Å²) in [5.41, 5.74) is 2.79. The number of aryl methyl sites for hydroxylation is 1. The van der Waals surface area contributed by atoms with Gasteiger partial charge in [0.05, 0.1) is 18.4 Å². The van der Waals surface area contributed by atoms with Crippen LogP contribution in [0.1, 0.15) is 34.1 Å². The highest BCUT2D eigenvalue weighted by Crippen LogP contribution is 2.30. The number of benzene rings is 2. The summed E-state index contributed by atoms with van der Waals surface area (Å²) in [4.78, 5) is 29.8. The van der Waals surface area contributed by atoms with Crippen molar-refractivity contribution in [2.45, 2.75) is 32.6 Å². The van der Waals surface area contributed by atoms with Crippen LogP contribution in [0.25, 0.3) is 11.1 Å². The number of hydrogen-bond acceptors (Lipinski definition) is 3. The van der Waals surface area contributed by atoms with E-state index in [0.29, 0.717) is 31.0 Å². The maximum Gasteiger partial charge on any atom is 0.416 e. The molecular weight excluding hydrogens is 497 g/mol. The topological polar surface area (TPSA) is 70.7 Å². The number of hydrogen-bond donors (Lipinski definition) is 1. The third kappa shape index (κ3) is 5.11. The fraction of sp³-hybridized carbons (Fsp3) is 0.286. The standard InChI is InChI=1S/C28H27F3N4O3/c1-18-4-3-5-20(14-18)17-35-24(15-21-10-13-38-26(21)35)25(36)33-11-12-34(19(2)16-33)27(37)32-23-8-6-22(7-9-23)28(29,30)31/h3-10,13-15,19H,11-12,16-17H2,1-2H3,(H,32,37). The molecule has 3 heterocycles. The van der Waals surface area contributed by atoms with Gasteiger partial charge in [0.25, 0.3) is 5.91 Å². The molecule has 0 saturated carbocycles. The van der Waals surface area contributed by atoms with Gasteiger partial charge in [-0.1, -0.05) is 29.8 Å². The summed E-state index contributed by atoms with van der Waals surface area (Å²) in [7, 11) is 0. The molecule has 0 radical (unpaired) electrons. The van der Waals surface area contributed by atoms with Crippen LogP contribution in [0.3, 0.4) is 0 Å². The Morgan fingerprint density at radius 1 is 1.05 bits per heavy atom. The highest BCUT2D eigenvalue weighted by Gasteiger charge is 2.33. The third-order valence-electron chi connectivity index (χ3n) is 6.78. The Morgan fingerprint density at radius 3 is 2.50 bits per heavy atom. The highest BCUT2D eigenvalue weighted by atomic mass is 19.4. The number of amides is 3.